The predicted molar refractivity (Wildman–Crippen MR) is 135 cm³/mol. The fourth-order valence-corrected chi connectivity index (χ4v) is 6.44. The third kappa shape index (κ3) is 2.79. The highest BCUT2D eigenvalue weighted by Gasteiger charge is 2.38. The van der Waals surface area contributed by atoms with E-state index in [1.54, 1.807) is 22.1 Å². The number of benzene rings is 2. The van der Waals surface area contributed by atoms with Gasteiger partial charge in [0.15, 0.2) is 0 Å². The molecule has 0 fully saturated rings. The maximum atomic E-state index is 6.61. The van der Waals surface area contributed by atoms with E-state index in [-0.39, 0.29) is 6.04 Å². The van der Waals surface area contributed by atoms with Gasteiger partial charge in [0, 0.05) is 5.92 Å². The zero-order chi connectivity index (χ0) is 22.2. The highest BCUT2D eigenvalue weighted by atomic mass is 14.6. The van der Waals surface area contributed by atoms with Gasteiger partial charge in [-0.15, -0.1) is 0 Å². The highest BCUT2D eigenvalue weighted by Crippen LogP contribution is 2.53. The van der Waals surface area contributed by atoms with Crippen LogP contribution < -0.4 is 5.73 Å². The summed E-state index contributed by atoms with van der Waals surface area (Å²) in [7, 11) is 0. The molecule has 0 radical (unpaired) electrons. The van der Waals surface area contributed by atoms with E-state index in [9.17, 15) is 0 Å². The molecule has 3 unspecified atom stereocenters. The largest absolute Gasteiger partial charge is 0.321 e. The van der Waals surface area contributed by atoms with Crippen LogP contribution in [0.1, 0.15) is 72.9 Å². The molecule has 0 bridgehead atoms. The van der Waals surface area contributed by atoms with Gasteiger partial charge in [0.2, 0.25) is 0 Å². The molecule has 0 heterocycles. The topological polar surface area (TPSA) is 26.0 Å². The van der Waals surface area contributed by atoms with Crippen LogP contribution in [0.2, 0.25) is 0 Å². The Morgan fingerprint density at radius 1 is 1.23 bits per heavy atom. The van der Waals surface area contributed by atoms with Crippen LogP contribution in [0.15, 0.2) is 53.7 Å². The first-order valence-corrected chi connectivity index (χ1v) is 11.9. The summed E-state index contributed by atoms with van der Waals surface area (Å²) < 4.78 is 0. The van der Waals surface area contributed by atoms with Gasteiger partial charge in [-0.1, -0.05) is 44.7 Å². The number of fused-ring (bicyclic) bond motifs is 4. The van der Waals surface area contributed by atoms with E-state index in [2.05, 4.69) is 59.1 Å². The molecule has 2 aromatic rings. The third-order valence-corrected chi connectivity index (χ3v) is 8.33. The number of hydrogen-bond acceptors (Lipinski definition) is 1. The van der Waals surface area contributed by atoms with Gasteiger partial charge in [-0.2, -0.15) is 0 Å². The molecule has 0 aromatic heterocycles. The molecule has 0 spiro atoms. The van der Waals surface area contributed by atoms with Gasteiger partial charge in [0.25, 0.3) is 0 Å². The Balaban J connectivity index is 1.81. The molecule has 31 heavy (non-hydrogen) atoms. The second kappa shape index (κ2) is 7.07. The van der Waals surface area contributed by atoms with E-state index >= 15 is 0 Å². The zero-order valence-electron chi connectivity index (χ0n) is 19.8. The van der Waals surface area contributed by atoms with Crippen LogP contribution in [0.5, 0.6) is 0 Å². The van der Waals surface area contributed by atoms with Gasteiger partial charge < -0.3 is 5.73 Å². The summed E-state index contributed by atoms with van der Waals surface area (Å²) in [5.74, 6) is 0.996. The smallest absolute Gasteiger partial charge is 0.0508 e. The molecular formula is C30H35N. The number of aryl methyl sites for hydroxylation is 2. The molecule has 0 aliphatic heterocycles. The second-order valence-corrected chi connectivity index (χ2v) is 10.1. The Labute approximate surface area is 187 Å². The first kappa shape index (κ1) is 20.5. The number of nitrogens with two attached hydrogens (primary N) is 1. The first-order valence-electron chi connectivity index (χ1n) is 11.9. The van der Waals surface area contributed by atoms with Gasteiger partial charge in [-0.05, 0) is 125 Å². The van der Waals surface area contributed by atoms with Crippen LogP contribution in [0, 0.1) is 19.8 Å². The number of hydrogen-bond donors (Lipinski definition) is 1. The van der Waals surface area contributed by atoms with Crippen LogP contribution in [-0.2, 0) is 12.8 Å². The Bertz CT molecular complexity index is 1230. The van der Waals surface area contributed by atoms with Crippen molar-refractivity contribution in [2.45, 2.75) is 72.3 Å². The van der Waals surface area contributed by atoms with Gasteiger partial charge in [0.05, 0.1) is 6.04 Å². The summed E-state index contributed by atoms with van der Waals surface area (Å²) in [6.45, 7) is 20.0. The summed E-state index contributed by atoms with van der Waals surface area (Å²) in [5, 5.41) is 2.97. The maximum absolute atomic E-state index is 6.61. The molecule has 3 aliphatic rings. The molecular weight excluding hydrogens is 374 g/mol. The third-order valence-electron chi connectivity index (χ3n) is 8.33. The van der Waals surface area contributed by atoms with Crippen molar-refractivity contribution in [1.29, 1.82) is 0 Å². The monoisotopic (exact) mass is 409 g/mol. The molecule has 2 N–H and O–H groups in total. The van der Waals surface area contributed by atoms with Crippen LogP contribution in [-0.4, -0.2) is 6.04 Å². The molecule has 1 nitrogen and oxygen atoms in total. The van der Waals surface area contributed by atoms with Crippen molar-refractivity contribution in [3.05, 3.63) is 87.0 Å². The molecule has 2 aromatic carbocycles. The second-order valence-electron chi connectivity index (χ2n) is 10.1. The van der Waals surface area contributed by atoms with Crippen LogP contribution >= 0.6 is 0 Å². The molecule has 0 saturated heterocycles. The number of allylic oxidation sites excluding steroid dienone is 3. The lowest BCUT2D eigenvalue weighted by atomic mass is 9.76. The SMILES string of the molecule is C=C(C)C(N)C1=C(CC)C(=C)C2Cc3c(cc4cc(C)c(C)c5c4c3C(C)CC5)C2=C1. The normalized spacial score (nSPS) is 23.0. The molecule has 3 atom stereocenters. The summed E-state index contributed by atoms with van der Waals surface area (Å²) in [6.07, 6.45) is 6.91. The number of rotatable bonds is 3. The molecule has 0 amide bonds. The molecule has 0 saturated carbocycles. The molecule has 3 aliphatic carbocycles. The summed E-state index contributed by atoms with van der Waals surface area (Å²) >= 11 is 0. The van der Waals surface area contributed by atoms with E-state index in [0.717, 1.165) is 18.4 Å². The van der Waals surface area contributed by atoms with E-state index in [4.69, 9.17) is 5.73 Å². The fourth-order valence-electron chi connectivity index (χ4n) is 6.44. The van der Waals surface area contributed by atoms with Gasteiger partial charge in [0.1, 0.15) is 0 Å². The molecule has 1 heteroatoms. The van der Waals surface area contributed by atoms with Crippen LogP contribution in [0.25, 0.3) is 16.3 Å². The van der Waals surface area contributed by atoms with E-state index in [1.165, 1.54) is 57.2 Å². The average molecular weight is 410 g/mol. The molecule has 5 rings (SSSR count). The van der Waals surface area contributed by atoms with E-state index < -0.39 is 0 Å². The Kier molecular flexibility index (Phi) is 4.68. The van der Waals surface area contributed by atoms with Crippen molar-refractivity contribution < 1.29 is 0 Å². The lowest BCUT2D eigenvalue weighted by Crippen LogP contribution is -2.27. The minimum atomic E-state index is -0.126. The van der Waals surface area contributed by atoms with Crippen molar-refractivity contribution in [3.63, 3.8) is 0 Å². The standard InChI is InChI=1S/C30H35N/c1-8-21-19(7)23-13-26-24(25(23)14-27(21)30(31)15(2)3)12-20-11-17(5)18(6)22-10-9-16(4)28(26)29(20)22/h11-12,14,16,23,30H,2,7-10,13,31H2,1,3-6H3. The zero-order valence-corrected chi connectivity index (χ0v) is 19.8. The van der Waals surface area contributed by atoms with Crippen LogP contribution in [0.3, 0.4) is 0 Å². The fraction of sp³-hybridized carbons (Fsp3) is 0.400. The Morgan fingerprint density at radius 2 is 1.97 bits per heavy atom. The van der Waals surface area contributed by atoms with Gasteiger partial charge in [-0.3, -0.25) is 0 Å². The Morgan fingerprint density at radius 3 is 2.65 bits per heavy atom. The average Bonchev–Trinajstić information content (AvgIpc) is 3.10. The van der Waals surface area contributed by atoms with Gasteiger partial charge >= 0.3 is 0 Å². The van der Waals surface area contributed by atoms with Crippen molar-refractivity contribution in [1.82, 2.24) is 0 Å². The first-order chi connectivity index (χ1) is 14.7. The van der Waals surface area contributed by atoms with Crippen LogP contribution in [0.4, 0.5) is 0 Å². The maximum Gasteiger partial charge on any atom is 0.0508 e. The lowest BCUT2D eigenvalue weighted by molar-refractivity contribution is 0.656. The summed E-state index contributed by atoms with van der Waals surface area (Å²) in [5.41, 5.74) is 22.0. The van der Waals surface area contributed by atoms with E-state index in [0.29, 0.717) is 11.8 Å². The highest BCUT2D eigenvalue weighted by molar-refractivity contribution is 5.98. The Hall–Kier alpha value is -2.38. The minimum absolute atomic E-state index is 0.126. The van der Waals surface area contributed by atoms with Gasteiger partial charge in [-0.25, -0.2) is 0 Å². The molecule has 160 valence electrons. The summed E-state index contributed by atoms with van der Waals surface area (Å²) in [6, 6.07) is 4.76. The van der Waals surface area contributed by atoms with Crippen molar-refractivity contribution >= 4 is 16.3 Å². The van der Waals surface area contributed by atoms with Crippen molar-refractivity contribution in [2.75, 3.05) is 0 Å². The lowest BCUT2D eigenvalue weighted by Gasteiger charge is -2.29. The summed E-state index contributed by atoms with van der Waals surface area (Å²) in [4.78, 5) is 0. The minimum Gasteiger partial charge on any atom is -0.321 e. The predicted octanol–water partition coefficient (Wildman–Crippen LogP) is 7.24. The van der Waals surface area contributed by atoms with E-state index in [1.807, 2.05) is 6.92 Å². The van der Waals surface area contributed by atoms with Crippen molar-refractivity contribution in [3.8, 4) is 0 Å². The van der Waals surface area contributed by atoms with Crippen molar-refractivity contribution in [2.24, 2.45) is 11.7 Å². The quantitative estimate of drug-likeness (QED) is 0.531.